The van der Waals surface area contributed by atoms with Crippen LogP contribution in [0.5, 0.6) is 0 Å². The van der Waals surface area contributed by atoms with Crippen LogP contribution in [0.3, 0.4) is 0 Å². The Morgan fingerprint density at radius 3 is 2.50 bits per heavy atom. The fourth-order valence-corrected chi connectivity index (χ4v) is 2.89. The molecule has 0 saturated carbocycles. The van der Waals surface area contributed by atoms with Crippen LogP contribution in [0.25, 0.3) is 0 Å². The Kier molecular flexibility index (Phi) is 6.20. The molecule has 0 aliphatic carbocycles. The van der Waals surface area contributed by atoms with E-state index in [0.717, 1.165) is 28.5 Å². The third kappa shape index (κ3) is 4.69. The predicted octanol–water partition coefficient (Wildman–Crippen LogP) is 4.54. The molecule has 0 radical (unpaired) electrons. The van der Waals surface area contributed by atoms with Crippen LogP contribution in [0, 0.1) is 0 Å². The molecule has 0 spiro atoms. The third-order valence-corrected chi connectivity index (χ3v) is 4.19. The summed E-state index contributed by atoms with van der Waals surface area (Å²) in [6, 6.07) is 10.7. The van der Waals surface area contributed by atoms with Gasteiger partial charge in [0.2, 0.25) is 0 Å². The van der Waals surface area contributed by atoms with E-state index in [9.17, 15) is 0 Å². The van der Waals surface area contributed by atoms with E-state index in [1.807, 2.05) is 12.4 Å². The molecule has 4 heteroatoms. The van der Waals surface area contributed by atoms with Gasteiger partial charge in [-0.15, -0.1) is 0 Å². The van der Waals surface area contributed by atoms with Crippen LogP contribution >= 0.6 is 31.9 Å². The van der Waals surface area contributed by atoms with Crippen molar-refractivity contribution < 1.29 is 0 Å². The van der Waals surface area contributed by atoms with Gasteiger partial charge in [-0.25, -0.2) is 0 Å². The second-order valence-corrected chi connectivity index (χ2v) is 6.60. The van der Waals surface area contributed by atoms with E-state index in [2.05, 4.69) is 79.4 Å². The zero-order chi connectivity index (χ0) is 14.4. The number of hydrogen-bond donors (Lipinski definition) is 1. The number of nitrogens with one attached hydrogen (secondary N) is 1. The van der Waals surface area contributed by atoms with Gasteiger partial charge >= 0.3 is 0 Å². The molecule has 2 rings (SSSR count). The highest BCUT2D eigenvalue weighted by Crippen LogP contribution is 2.23. The quantitative estimate of drug-likeness (QED) is 0.773. The van der Waals surface area contributed by atoms with Gasteiger partial charge in [0.05, 0.1) is 0 Å². The topological polar surface area (TPSA) is 24.9 Å². The SMILES string of the molecule is CCNCC(Cc1cncc(Br)c1)c1ccc(Br)cc1. The Bertz CT molecular complexity index is 540. The van der Waals surface area contributed by atoms with Crippen LogP contribution in [0.4, 0.5) is 0 Å². The highest BCUT2D eigenvalue weighted by Gasteiger charge is 2.12. The van der Waals surface area contributed by atoms with Gasteiger partial charge in [0.1, 0.15) is 0 Å². The van der Waals surface area contributed by atoms with Crippen molar-refractivity contribution in [3.05, 3.63) is 62.8 Å². The Balaban J connectivity index is 2.16. The van der Waals surface area contributed by atoms with Crippen LogP contribution in [0.1, 0.15) is 24.0 Å². The first-order valence-electron chi connectivity index (χ1n) is 6.74. The normalized spacial score (nSPS) is 12.3. The van der Waals surface area contributed by atoms with Gasteiger partial charge in [-0.1, -0.05) is 35.0 Å². The minimum atomic E-state index is 0.458. The van der Waals surface area contributed by atoms with Gasteiger partial charge in [0.15, 0.2) is 0 Å². The average molecular weight is 398 g/mol. The Labute approximate surface area is 137 Å². The summed E-state index contributed by atoms with van der Waals surface area (Å²) in [5.41, 5.74) is 2.61. The summed E-state index contributed by atoms with van der Waals surface area (Å²) in [4.78, 5) is 4.25. The number of pyridine rings is 1. The number of aromatic nitrogens is 1. The fraction of sp³-hybridized carbons (Fsp3) is 0.312. The van der Waals surface area contributed by atoms with Gasteiger partial charge < -0.3 is 5.32 Å². The van der Waals surface area contributed by atoms with Crippen LogP contribution in [-0.2, 0) is 6.42 Å². The largest absolute Gasteiger partial charge is 0.316 e. The minimum Gasteiger partial charge on any atom is -0.316 e. The van der Waals surface area contributed by atoms with E-state index >= 15 is 0 Å². The number of benzene rings is 1. The van der Waals surface area contributed by atoms with E-state index in [1.165, 1.54) is 11.1 Å². The molecular formula is C16H18Br2N2. The molecule has 106 valence electrons. The standard InChI is InChI=1S/C16H18Br2N2/c1-2-19-10-14(13-3-5-15(17)6-4-13)7-12-8-16(18)11-20-9-12/h3-6,8-9,11,14,19H,2,7,10H2,1H3. The summed E-state index contributed by atoms with van der Waals surface area (Å²) in [5, 5.41) is 3.45. The molecule has 20 heavy (non-hydrogen) atoms. The number of likely N-dealkylation sites (N-methyl/N-ethyl adjacent to an activating group) is 1. The van der Waals surface area contributed by atoms with Crippen LogP contribution in [0.15, 0.2) is 51.7 Å². The summed E-state index contributed by atoms with van der Waals surface area (Å²) in [6.45, 7) is 4.10. The molecule has 2 nitrogen and oxygen atoms in total. The summed E-state index contributed by atoms with van der Waals surface area (Å²) >= 11 is 6.98. The zero-order valence-electron chi connectivity index (χ0n) is 11.4. The molecule has 0 amide bonds. The molecule has 0 aliphatic rings. The van der Waals surface area contributed by atoms with E-state index in [0.29, 0.717) is 5.92 Å². The van der Waals surface area contributed by atoms with Crippen molar-refractivity contribution in [3.63, 3.8) is 0 Å². The Morgan fingerprint density at radius 2 is 1.85 bits per heavy atom. The molecule has 1 unspecified atom stereocenters. The summed E-state index contributed by atoms with van der Waals surface area (Å²) in [7, 11) is 0. The van der Waals surface area contributed by atoms with Crippen molar-refractivity contribution >= 4 is 31.9 Å². The molecule has 0 fully saturated rings. The maximum absolute atomic E-state index is 4.25. The molecule has 1 heterocycles. The molecule has 1 atom stereocenters. The fourth-order valence-electron chi connectivity index (χ4n) is 2.21. The molecule has 1 aromatic carbocycles. The predicted molar refractivity (Wildman–Crippen MR) is 91.1 cm³/mol. The van der Waals surface area contributed by atoms with Gasteiger partial charge in [-0.2, -0.15) is 0 Å². The molecule has 2 aromatic rings. The second-order valence-electron chi connectivity index (χ2n) is 4.77. The smallest absolute Gasteiger partial charge is 0.0410 e. The lowest BCUT2D eigenvalue weighted by molar-refractivity contribution is 0.594. The van der Waals surface area contributed by atoms with Crippen molar-refractivity contribution in [2.24, 2.45) is 0 Å². The molecular weight excluding hydrogens is 380 g/mol. The lowest BCUT2D eigenvalue weighted by Gasteiger charge is -2.18. The number of nitrogens with zero attached hydrogens (tertiary/aromatic N) is 1. The Morgan fingerprint density at radius 1 is 1.10 bits per heavy atom. The summed E-state index contributed by atoms with van der Waals surface area (Å²) in [5.74, 6) is 0.458. The van der Waals surface area contributed by atoms with Crippen molar-refractivity contribution in [1.29, 1.82) is 0 Å². The highest BCUT2D eigenvalue weighted by molar-refractivity contribution is 9.10. The van der Waals surface area contributed by atoms with Gasteiger partial charge in [0, 0.05) is 33.8 Å². The van der Waals surface area contributed by atoms with Crippen molar-refractivity contribution in [1.82, 2.24) is 10.3 Å². The van der Waals surface area contributed by atoms with Crippen LogP contribution in [0.2, 0.25) is 0 Å². The molecule has 0 bridgehead atoms. The first-order chi connectivity index (χ1) is 9.69. The monoisotopic (exact) mass is 396 g/mol. The van der Waals surface area contributed by atoms with E-state index in [-0.39, 0.29) is 0 Å². The third-order valence-electron chi connectivity index (χ3n) is 3.23. The van der Waals surface area contributed by atoms with Crippen molar-refractivity contribution in [2.45, 2.75) is 19.3 Å². The van der Waals surface area contributed by atoms with E-state index in [1.54, 1.807) is 0 Å². The molecule has 1 aromatic heterocycles. The van der Waals surface area contributed by atoms with E-state index < -0.39 is 0 Å². The lowest BCUT2D eigenvalue weighted by Crippen LogP contribution is -2.22. The summed E-state index contributed by atoms with van der Waals surface area (Å²) in [6.07, 6.45) is 4.76. The highest BCUT2D eigenvalue weighted by atomic mass is 79.9. The molecule has 0 aliphatic heterocycles. The first-order valence-corrected chi connectivity index (χ1v) is 8.33. The van der Waals surface area contributed by atoms with Crippen molar-refractivity contribution in [3.8, 4) is 0 Å². The first kappa shape index (κ1) is 15.7. The molecule has 0 saturated heterocycles. The lowest BCUT2D eigenvalue weighted by atomic mass is 9.92. The number of rotatable bonds is 6. The summed E-state index contributed by atoms with van der Waals surface area (Å²) < 4.78 is 2.15. The molecule has 1 N–H and O–H groups in total. The number of hydrogen-bond acceptors (Lipinski definition) is 2. The van der Waals surface area contributed by atoms with E-state index in [4.69, 9.17) is 0 Å². The zero-order valence-corrected chi connectivity index (χ0v) is 14.6. The van der Waals surface area contributed by atoms with Gasteiger partial charge in [0.25, 0.3) is 0 Å². The average Bonchev–Trinajstić information content (AvgIpc) is 2.44. The van der Waals surface area contributed by atoms with Crippen molar-refractivity contribution in [2.75, 3.05) is 13.1 Å². The number of halogens is 2. The minimum absolute atomic E-state index is 0.458. The van der Waals surface area contributed by atoms with Gasteiger partial charge in [-0.05, 0) is 58.2 Å². The maximum Gasteiger partial charge on any atom is 0.0410 e. The Hall–Kier alpha value is -0.710. The maximum atomic E-state index is 4.25. The van der Waals surface area contributed by atoms with Crippen LogP contribution in [-0.4, -0.2) is 18.1 Å². The van der Waals surface area contributed by atoms with Crippen LogP contribution < -0.4 is 5.32 Å². The second kappa shape index (κ2) is 7.91. The van der Waals surface area contributed by atoms with Gasteiger partial charge in [-0.3, -0.25) is 4.98 Å².